The molecule has 0 heterocycles. The molecule has 0 amide bonds. The van der Waals surface area contributed by atoms with Crippen LogP contribution in [0.1, 0.15) is 5.56 Å². The molecule has 0 aliphatic rings. The van der Waals surface area contributed by atoms with Gasteiger partial charge in [0.05, 0.1) is 4.92 Å². The number of nitro benzene ring substituents is 1. The molecule has 0 saturated heterocycles. The van der Waals surface area contributed by atoms with Gasteiger partial charge in [0.15, 0.2) is 0 Å². The lowest BCUT2D eigenvalue weighted by Crippen LogP contribution is -1.95. The van der Waals surface area contributed by atoms with Gasteiger partial charge in [0.1, 0.15) is 18.1 Å². The average Bonchev–Trinajstić information content (AvgIpc) is 2.62. The third kappa shape index (κ3) is 3.89. The predicted octanol–water partition coefficient (Wildman–Crippen LogP) is 4.97. The summed E-state index contributed by atoms with van der Waals surface area (Å²) in [4.78, 5) is 10.5. The lowest BCUT2D eigenvalue weighted by atomic mass is 10.2. The summed E-state index contributed by atoms with van der Waals surface area (Å²) in [6, 6.07) is 23.1. The quantitative estimate of drug-likeness (QED) is 0.475. The van der Waals surface area contributed by atoms with Crippen LogP contribution in [-0.2, 0) is 6.61 Å². The first kappa shape index (κ1) is 15.6. The van der Waals surface area contributed by atoms with E-state index in [1.165, 1.54) is 6.07 Å². The lowest BCUT2D eigenvalue weighted by molar-refractivity contribution is -0.385. The Kier molecular flexibility index (Phi) is 4.72. The van der Waals surface area contributed by atoms with Crippen molar-refractivity contribution in [3.63, 3.8) is 0 Å². The van der Waals surface area contributed by atoms with Crippen molar-refractivity contribution in [1.29, 1.82) is 0 Å². The number of nitrogens with zero attached hydrogens (tertiary/aromatic N) is 1. The van der Waals surface area contributed by atoms with Crippen molar-refractivity contribution in [1.82, 2.24) is 0 Å². The predicted molar refractivity (Wildman–Crippen MR) is 90.4 cm³/mol. The number of para-hydroxylation sites is 2. The molecule has 3 aromatic carbocycles. The van der Waals surface area contributed by atoms with Crippen LogP contribution < -0.4 is 9.47 Å². The monoisotopic (exact) mass is 321 g/mol. The zero-order chi connectivity index (χ0) is 16.8. The van der Waals surface area contributed by atoms with Crippen LogP contribution in [0.15, 0.2) is 78.9 Å². The number of hydrogen-bond acceptors (Lipinski definition) is 4. The fourth-order valence-electron chi connectivity index (χ4n) is 2.17. The van der Waals surface area contributed by atoms with Crippen molar-refractivity contribution in [2.24, 2.45) is 0 Å². The van der Waals surface area contributed by atoms with Gasteiger partial charge in [-0.25, -0.2) is 0 Å². The molecule has 3 aromatic rings. The zero-order valence-corrected chi connectivity index (χ0v) is 12.8. The first-order valence-corrected chi connectivity index (χ1v) is 7.40. The number of ether oxygens (including phenoxy) is 2. The van der Waals surface area contributed by atoms with Gasteiger partial charge < -0.3 is 9.47 Å². The molecular formula is C19H15NO4. The Labute approximate surface area is 139 Å². The second-order valence-electron chi connectivity index (χ2n) is 5.07. The van der Waals surface area contributed by atoms with E-state index in [1.807, 2.05) is 30.3 Å². The SMILES string of the molecule is O=[N+]([O-])c1ccccc1Oc1ccc(OCc2ccccc2)cc1. The molecule has 0 radical (unpaired) electrons. The van der Waals surface area contributed by atoms with Crippen LogP contribution in [0, 0.1) is 10.1 Å². The fourth-order valence-corrected chi connectivity index (χ4v) is 2.17. The normalized spacial score (nSPS) is 10.2. The van der Waals surface area contributed by atoms with Crippen molar-refractivity contribution in [3.05, 3.63) is 94.5 Å². The molecule has 3 rings (SSSR count). The summed E-state index contributed by atoms with van der Waals surface area (Å²) in [7, 11) is 0. The largest absolute Gasteiger partial charge is 0.489 e. The molecule has 0 N–H and O–H groups in total. The highest BCUT2D eigenvalue weighted by atomic mass is 16.6. The van der Waals surface area contributed by atoms with E-state index in [9.17, 15) is 10.1 Å². The van der Waals surface area contributed by atoms with E-state index in [4.69, 9.17) is 9.47 Å². The Morgan fingerprint density at radius 1 is 0.792 bits per heavy atom. The van der Waals surface area contributed by atoms with E-state index in [0.29, 0.717) is 18.1 Å². The van der Waals surface area contributed by atoms with E-state index in [-0.39, 0.29) is 11.4 Å². The summed E-state index contributed by atoms with van der Waals surface area (Å²) in [6.07, 6.45) is 0. The van der Waals surface area contributed by atoms with Crippen LogP contribution >= 0.6 is 0 Å². The van der Waals surface area contributed by atoms with E-state index < -0.39 is 4.92 Å². The molecule has 0 unspecified atom stereocenters. The van der Waals surface area contributed by atoms with Crippen LogP contribution in [0.2, 0.25) is 0 Å². The molecule has 120 valence electrons. The highest BCUT2D eigenvalue weighted by Crippen LogP contribution is 2.31. The molecule has 5 nitrogen and oxygen atoms in total. The van der Waals surface area contributed by atoms with Gasteiger partial charge >= 0.3 is 5.69 Å². The minimum Gasteiger partial charge on any atom is -0.489 e. The minimum atomic E-state index is -0.466. The van der Waals surface area contributed by atoms with Crippen molar-refractivity contribution < 1.29 is 14.4 Å². The second kappa shape index (κ2) is 7.28. The number of nitro groups is 1. The smallest absolute Gasteiger partial charge is 0.311 e. The van der Waals surface area contributed by atoms with Crippen molar-refractivity contribution in [2.75, 3.05) is 0 Å². The third-order valence-electron chi connectivity index (χ3n) is 3.36. The molecule has 0 saturated carbocycles. The van der Waals surface area contributed by atoms with E-state index in [2.05, 4.69) is 0 Å². The van der Waals surface area contributed by atoms with Gasteiger partial charge in [-0.3, -0.25) is 10.1 Å². The van der Waals surface area contributed by atoms with Gasteiger partial charge in [-0.05, 0) is 35.9 Å². The number of benzene rings is 3. The number of rotatable bonds is 6. The first-order valence-electron chi connectivity index (χ1n) is 7.40. The van der Waals surface area contributed by atoms with Gasteiger partial charge in [0, 0.05) is 6.07 Å². The highest BCUT2D eigenvalue weighted by Gasteiger charge is 2.14. The van der Waals surface area contributed by atoms with Gasteiger partial charge in [0.2, 0.25) is 5.75 Å². The summed E-state index contributed by atoms with van der Waals surface area (Å²) in [5.41, 5.74) is 1.01. The van der Waals surface area contributed by atoms with Gasteiger partial charge in [-0.2, -0.15) is 0 Å². The Hall–Kier alpha value is -3.34. The molecule has 0 aliphatic heterocycles. The van der Waals surface area contributed by atoms with Crippen LogP contribution in [0.4, 0.5) is 5.69 Å². The topological polar surface area (TPSA) is 61.6 Å². The molecule has 5 heteroatoms. The van der Waals surface area contributed by atoms with Crippen LogP contribution in [0.25, 0.3) is 0 Å². The molecular weight excluding hydrogens is 306 g/mol. The van der Waals surface area contributed by atoms with Crippen LogP contribution in [-0.4, -0.2) is 4.92 Å². The summed E-state index contributed by atoms with van der Waals surface area (Å²) >= 11 is 0. The summed E-state index contributed by atoms with van der Waals surface area (Å²) in [5.74, 6) is 1.42. The molecule has 0 aliphatic carbocycles. The van der Waals surface area contributed by atoms with Crippen molar-refractivity contribution in [2.45, 2.75) is 6.61 Å². The fraction of sp³-hybridized carbons (Fsp3) is 0.0526. The van der Waals surface area contributed by atoms with Gasteiger partial charge in [-0.15, -0.1) is 0 Å². The molecule has 0 bridgehead atoms. The van der Waals surface area contributed by atoms with E-state index >= 15 is 0 Å². The highest BCUT2D eigenvalue weighted by molar-refractivity contribution is 5.48. The van der Waals surface area contributed by atoms with E-state index in [0.717, 1.165) is 5.56 Å². The third-order valence-corrected chi connectivity index (χ3v) is 3.36. The average molecular weight is 321 g/mol. The molecule has 0 spiro atoms. The van der Waals surface area contributed by atoms with Gasteiger partial charge in [0.25, 0.3) is 0 Å². The zero-order valence-electron chi connectivity index (χ0n) is 12.8. The first-order chi connectivity index (χ1) is 11.7. The maximum atomic E-state index is 11.0. The molecule has 0 fully saturated rings. The summed E-state index contributed by atoms with van der Waals surface area (Å²) in [5, 5.41) is 11.0. The second-order valence-corrected chi connectivity index (χ2v) is 5.07. The maximum absolute atomic E-state index is 11.0. The molecule has 0 aromatic heterocycles. The van der Waals surface area contributed by atoms with Crippen molar-refractivity contribution >= 4 is 5.69 Å². The summed E-state index contributed by atoms with van der Waals surface area (Å²) < 4.78 is 11.3. The Morgan fingerprint density at radius 2 is 1.42 bits per heavy atom. The van der Waals surface area contributed by atoms with Crippen molar-refractivity contribution in [3.8, 4) is 17.2 Å². The number of hydrogen-bond donors (Lipinski definition) is 0. The Morgan fingerprint density at radius 3 is 2.12 bits per heavy atom. The van der Waals surface area contributed by atoms with E-state index in [1.54, 1.807) is 42.5 Å². The lowest BCUT2D eigenvalue weighted by Gasteiger charge is -2.09. The minimum absolute atomic E-state index is 0.0677. The summed E-state index contributed by atoms with van der Waals surface area (Å²) in [6.45, 7) is 0.477. The van der Waals surface area contributed by atoms with Crippen LogP contribution in [0.5, 0.6) is 17.2 Å². The standard InChI is InChI=1S/C19H15NO4/c21-20(22)18-8-4-5-9-19(18)24-17-12-10-16(11-13-17)23-14-15-6-2-1-3-7-15/h1-13H,14H2. The Bertz CT molecular complexity index is 816. The molecule has 24 heavy (non-hydrogen) atoms. The van der Waals surface area contributed by atoms with Gasteiger partial charge in [-0.1, -0.05) is 42.5 Å². The van der Waals surface area contributed by atoms with Crippen LogP contribution in [0.3, 0.4) is 0 Å². The molecule has 0 atom stereocenters. The maximum Gasteiger partial charge on any atom is 0.311 e. The Balaban J connectivity index is 1.66.